The highest BCUT2D eigenvalue weighted by atomic mass is 32.2. The quantitative estimate of drug-likeness (QED) is 0.807. The van der Waals surface area contributed by atoms with E-state index in [1.165, 1.54) is 0 Å². The normalized spacial score (nSPS) is 21.8. The molecule has 0 heterocycles. The Morgan fingerprint density at radius 3 is 2.44 bits per heavy atom. The molecule has 0 aliphatic heterocycles. The van der Waals surface area contributed by atoms with Gasteiger partial charge in [0.25, 0.3) is 0 Å². The maximum Gasteiger partial charge on any atom is 0.240 e. The minimum absolute atomic E-state index is 0.251. The number of nitrogens with one attached hydrogen (secondary N) is 1. The molecule has 0 bridgehead atoms. The molecule has 5 heteroatoms. The Bertz CT molecular complexity index is 829. The van der Waals surface area contributed by atoms with E-state index in [1.807, 2.05) is 49.4 Å². The second-order valence-electron chi connectivity index (χ2n) is 6.48. The van der Waals surface area contributed by atoms with Crippen molar-refractivity contribution in [1.82, 2.24) is 4.72 Å². The van der Waals surface area contributed by atoms with E-state index in [4.69, 9.17) is 0 Å². The highest BCUT2D eigenvalue weighted by molar-refractivity contribution is 7.89. The molecule has 2 aromatic rings. The van der Waals surface area contributed by atoms with E-state index in [9.17, 15) is 13.5 Å². The van der Waals surface area contributed by atoms with Crippen LogP contribution < -0.4 is 4.72 Å². The number of rotatable bonds is 5. The predicted molar refractivity (Wildman–Crippen MR) is 98.6 cm³/mol. The lowest BCUT2D eigenvalue weighted by molar-refractivity contribution is 0.110. The van der Waals surface area contributed by atoms with Crippen LogP contribution in [0.4, 0.5) is 0 Å². The Balaban J connectivity index is 1.82. The molecule has 3 atom stereocenters. The Hall–Kier alpha value is -1.95. The van der Waals surface area contributed by atoms with Crippen molar-refractivity contribution in [2.75, 3.05) is 0 Å². The zero-order chi connectivity index (χ0) is 17.9. The average molecular weight is 357 g/mol. The van der Waals surface area contributed by atoms with Gasteiger partial charge < -0.3 is 5.11 Å². The smallest absolute Gasteiger partial charge is 0.240 e. The molecule has 0 aromatic heterocycles. The Morgan fingerprint density at radius 2 is 1.76 bits per heavy atom. The fourth-order valence-electron chi connectivity index (χ4n) is 3.18. The third-order valence-electron chi connectivity index (χ3n) is 4.61. The highest BCUT2D eigenvalue weighted by Crippen LogP contribution is 2.31. The fraction of sp³-hybridized carbons (Fsp3) is 0.300. The lowest BCUT2D eigenvalue weighted by atomic mass is 9.84. The van der Waals surface area contributed by atoms with Crippen molar-refractivity contribution in [2.24, 2.45) is 5.92 Å². The van der Waals surface area contributed by atoms with Gasteiger partial charge in [0.05, 0.1) is 11.0 Å². The molecule has 0 saturated carbocycles. The van der Waals surface area contributed by atoms with Crippen molar-refractivity contribution >= 4 is 10.0 Å². The molecular formula is C20H23NO3S. The van der Waals surface area contributed by atoms with Crippen molar-refractivity contribution in [2.45, 2.75) is 36.8 Å². The summed E-state index contributed by atoms with van der Waals surface area (Å²) in [5, 5.41) is 10.7. The van der Waals surface area contributed by atoms with Gasteiger partial charge >= 0.3 is 0 Å². The van der Waals surface area contributed by atoms with E-state index in [0.717, 1.165) is 17.5 Å². The van der Waals surface area contributed by atoms with Crippen molar-refractivity contribution in [3.8, 4) is 0 Å². The second kappa shape index (κ2) is 7.52. The van der Waals surface area contributed by atoms with Crippen LogP contribution >= 0.6 is 0 Å². The van der Waals surface area contributed by atoms with Gasteiger partial charge in [-0.15, -0.1) is 0 Å². The van der Waals surface area contributed by atoms with Crippen LogP contribution in [-0.4, -0.2) is 19.6 Å². The molecule has 0 unspecified atom stereocenters. The van der Waals surface area contributed by atoms with Crippen LogP contribution in [-0.2, 0) is 10.0 Å². The van der Waals surface area contributed by atoms with E-state index in [1.54, 1.807) is 24.3 Å². The third-order valence-corrected chi connectivity index (χ3v) is 6.12. The number of aliphatic hydroxyl groups is 1. The summed E-state index contributed by atoms with van der Waals surface area (Å²) >= 11 is 0. The van der Waals surface area contributed by atoms with Crippen molar-refractivity contribution in [1.29, 1.82) is 0 Å². The largest absolute Gasteiger partial charge is 0.388 e. The van der Waals surface area contributed by atoms with Gasteiger partial charge in [-0.2, -0.15) is 0 Å². The average Bonchev–Trinajstić information content (AvgIpc) is 2.62. The van der Waals surface area contributed by atoms with Gasteiger partial charge in [-0.3, -0.25) is 0 Å². The minimum Gasteiger partial charge on any atom is -0.388 e. The van der Waals surface area contributed by atoms with Crippen molar-refractivity contribution in [3.63, 3.8) is 0 Å². The van der Waals surface area contributed by atoms with Crippen LogP contribution in [0.3, 0.4) is 0 Å². The van der Waals surface area contributed by atoms with Gasteiger partial charge in [-0.1, -0.05) is 60.2 Å². The van der Waals surface area contributed by atoms with Gasteiger partial charge in [-0.05, 0) is 37.5 Å². The van der Waals surface area contributed by atoms with Gasteiger partial charge in [-0.25, -0.2) is 13.1 Å². The second-order valence-corrected chi connectivity index (χ2v) is 8.19. The van der Waals surface area contributed by atoms with E-state index in [2.05, 4.69) is 4.72 Å². The molecule has 2 aromatic carbocycles. The van der Waals surface area contributed by atoms with E-state index >= 15 is 0 Å². The maximum absolute atomic E-state index is 12.7. The number of allylic oxidation sites excluding steroid dienone is 1. The third kappa shape index (κ3) is 4.18. The SMILES string of the molecule is Cc1ccc(S(=O)(=O)N[C@H]2CCC=C[C@@H]2[C@H](O)c2ccccc2)cc1. The van der Waals surface area contributed by atoms with Crippen molar-refractivity contribution in [3.05, 3.63) is 77.9 Å². The van der Waals surface area contributed by atoms with E-state index in [0.29, 0.717) is 6.42 Å². The lowest BCUT2D eigenvalue weighted by Crippen LogP contribution is -2.42. The highest BCUT2D eigenvalue weighted by Gasteiger charge is 2.32. The molecule has 132 valence electrons. The van der Waals surface area contributed by atoms with E-state index in [-0.39, 0.29) is 16.9 Å². The van der Waals surface area contributed by atoms with Crippen LogP contribution in [0.1, 0.15) is 30.1 Å². The molecule has 2 N–H and O–H groups in total. The van der Waals surface area contributed by atoms with Crippen LogP contribution in [0, 0.1) is 12.8 Å². The number of benzene rings is 2. The molecule has 0 amide bonds. The lowest BCUT2D eigenvalue weighted by Gasteiger charge is -2.32. The first kappa shape index (κ1) is 17.9. The molecule has 3 rings (SSSR count). The van der Waals surface area contributed by atoms with Gasteiger partial charge in [0, 0.05) is 12.0 Å². The van der Waals surface area contributed by atoms with E-state index < -0.39 is 16.1 Å². The van der Waals surface area contributed by atoms with Crippen molar-refractivity contribution < 1.29 is 13.5 Å². The Morgan fingerprint density at radius 1 is 1.08 bits per heavy atom. The Kier molecular flexibility index (Phi) is 5.37. The summed E-state index contributed by atoms with van der Waals surface area (Å²) in [5.74, 6) is -0.295. The topological polar surface area (TPSA) is 66.4 Å². The molecule has 1 aliphatic rings. The monoisotopic (exact) mass is 357 g/mol. The first-order chi connectivity index (χ1) is 12.0. The summed E-state index contributed by atoms with van der Waals surface area (Å²) in [6, 6.07) is 15.8. The summed E-state index contributed by atoms with van der Waals surface area (Å²) in [4.78, 5) is 0.251. The maximum atomic E-state index is 12.7. The van der Waals surface area contributed by atoms with Crippen LogP contribution in [0.5, 0.6) is 0 Å². The predicted octanol–water partition coefficient (Wildman–Crippen LogP) is 3.34. The van der Waals surface area contributed by atoms with Gasteiger partial charge in [0.2, 0.25) is 10.0 Å². The number of aliphatic hydroxyl groups excluding tert-OH is 1. The zero-order valence-corrected chi connectivity index (χ0v) is 15.0. The molecule has 0 radical (unpaired) electrons. The number of hydrogen-bond acceptors (Lipinski definition) is 3. The summed E-state index contributed by atoms with van der Waals surface area (Å²) in [5.41, 5.74) is 1.80. The summed E-state index contributed by atoms with van der Waals surface area (Å²) < 4.78 is 28.2. The van der Waals surface area contributed by atoms with Crippen LogP contribution in [0.15, 0.2) is 71.6 Å². The molecule has 0 fully saturated rings. The summed E-state index contributed by atoms with van der Waals surface area (Å²) in [7, 11) is -3.62. The molecule has 0 saturated heterocycles. The Labute approximate surface area is 149 Å². The number of sulfonamides is 1. The standard InChI is InChI=1S/C20H23NO3S/c1-15-11-13-17(14-12-15)25(23,24)21-19-10-6-5-9-18(19)20(22)16-7-3-2-4-8-16/h2-5,7-9,11-14,18-22H,6,10H2,1H3/t18-,19-,20+/m0/s1. The van der Waals surface area contributed by atoms with Gasteiger partial charge in [0.1, 0.15) is 0 Å². The summed E-state index contributed by atoms with van der Waals surface area (Å²) in [6.07, 6.45) is 4.63. The first-order valence-electron chi connectivity index (χ1n) is 8.46. The molecule has 4 nitrogen and oxygen atoms in total. The summed E-state index contributed by atoms with van der Waals surface area (Å²) in [6.45, 7) is 1.92. The number of aryl methyl sites for hydroxylation is 1. The fourth-order valence-corrected chi connectivity index (χ4v) is 4.48. The minimum atomic E-state index is -3.62. The van der Waals surface area contributed by atoms with Gasteiger partial charge in [0.15, 0.2) is 0 Å². The number of hydrogen-bond donors (Lipinski definition) is 2. The first-order valence-corrected chi connectivity index (χ1v) is 9.94. The molecular weight excluding hydrogens is 334 g/mol. The molecule has 25 heavy (non-hydrogen) atoms. The van der Waals surface area contributed by atoms with Crippen LogP contribution in [0.25, 0.3) is 0 Å². The zero-order valence-electron chi connectivity index (χ0n) is 14.2. The van der Waals surface area contributed by atoms with Crippen LogP contribution in [0.2, 0.25) is 0 Å². The molecule has 1 aliphatic carbocycles. The molecule has 0 spiro atoms.